The Morgan fingerprint density at radius 2 is 2.00 bits per heavy atom. The van der Waals surface area contributed by atoms with Crippen LogP contribution in [-0.4, -0.2) is 9.53 Å². The van der Waals surface area contributed by atoms with Crippen LogP contribution in [0.5, 0.6) is 0 Å². The van der Waals surface area contributed by atoms with Gasteiger partial charge in [-0.2, -0.15) is 0 Å². The van der Waals surface area contributed by atoms with E-state index < -0.39 is 3.12 Å². The lowest BCUT2D eigenvalue weighted by Crippen LogP contribution is -2.07. The lowest BCUT2D eigenvalue weighted by atomic mass is 11.5. The van der Waals surface area contributed by atoms with E-state index in [2.05, 4.69) is 4.72 Å². The number of alkyl halides is 3. The van der Waals surface area contributed by atoms with Gasteiger partial charge in [-0.3, -0.25) is 9.52 Å². The number of hydrogen-bond acceptors (Lipinski definition) is 2. The summed E-state index contributed by atoms with van der Waals surface area (Å²) >= 11 is 16.3. The SMILES string of the molecule is O=CNSC(Cl)(Cl)Cl. The van der Waals surface area contributed by atoms with Crippen LogP contribution in [0.4, 0.5) is 0 Å². The van der Waals surface area contributed by atoms with Gasteiger partial charge >= 0.3 is 0 Å². The molecular weight excluding hydrogens is 192 g/mol. The molecule has 0 aromatic carbocycles. The first kappa shape index (κ1) is 8.69. The van der Waals surface area contributed by atoms with Crippen LogP contribution in [-0.2, 0) is 4.79 Å². The largest absolute Gasteiger partial charge is 0.299 e. The third-order valence-electron chi connectivity index (χ3n) is 0.223. The molecule has 48 valence electrons. The van der Waals surface area contributed by atoms with Gasteiger partial charge in [0.05, 0.1) is 0 Å². The fourth-order valence-electron chi connectivity index (χ4n) is 0.0909. The first-order valence-corrected chi connectivity index (χ1v) is 3.45. The summed E-state index contributed by atoms with van der Waals surface area (Å²) in [6.45, 7) is 0. The van der Waals surface area contributed by atoms with E-state index in [9.17, 15) is 4.79 Å². The maximum atomic E-state index is 9.54. The van der Waals surface area contributed by atoms with Gasteiger partial charge in [0.2, 0.25) is 6.41 Å². The van der Waals surface area contributed by atoms with E-state index in [1.807, 2.05) is 0 Å². The van der Waals surface area contributed by atoms with Crippen molar-refractivity contribution >= 4 is 53.2 Å². The molecule has 1 amide bonds. The summed E-state index contributed by atoms with van der Waals surface area (Å²) < 4.78 is 0.671. The summed E-state index contributed by atoms with van der Waals surface area (Å²) in [5.74, 6) is 0. The predicted octanol–water partition coefficient (Wildman–Crippen LogP) is 1.71. The molecule has 0 spiro atoms. The normalized spacial score (nSPS) is 10.9. The Hall–Kier alpha value is 0.690. The van der Waals surface area contributed by atoms with Crippen molar-refractivity contribution in [2.45, 2.75) is 3.12 Å². The van der Waals surface area contributed by atoms with Crippen molar-refractivity contribution in [1.29, 1.82) is 0 Å². The van der Waals surface area contributed by atoms with Gasteiger partial charge in [-0.05, 0) is 0 Å². The summed E-state index contributed by atoms with van der Waals surface area (Å²) in [4.78, 5) is 9.54. The molecule has 0 aromatic rings. The molecule has 0 atom stereocenters. The first-order chi connectivity index (χ1) is 3.56. The second kappa shape index (κ2) is 3.67. The Morgan fingerprint density at radius 1 is 1.50 bits per heavy atom. The van der Waals surface area contributed by atoms with Gasteiger partial charge in [0.1, 0.15) is 0 Å². The van der Waals surface area contributed by atoms with Crippen LogP contribution in [0, 0.1) is 0 Å². The third kappa shape index (κ3) is 6.69. The molecule has 0 unspecified atom stereocenters. The van der Waals surface area contributed by atoms with E-state index in [1.54, 1.807) is 0 Å². The maximum absolute atomic E-state index is 9.54. The molecule has 0 aliphatic heterocycles. The van der Waals surface area contributed by atoms with Crippen LogP contribution in [0.25, 0.3) is 0 Å². The minimum atomic E-state index is -1.46. The molecule has 0 aromatic heterocycles. The first-order valence-electron chi connectivity index (χ1n) is 1.50. The Labute approximate surface area is 66.0 Å². The number of carbonyl (C=O) groups excluding carboxylic acids is 1. The van der Waals surface area contributed by atoms with E-state index in [0.29, 0.717) is 18.4 Å². The zero-order valence-corrected chi connectivity index (χ0v) is 6.61. The molecule has 8 heavy (non-hydrogen) atoms. The Bertz CT molecular complexity index is 81.8. The van der Waals surface area contributed by atoms with Crippen LogP contribution >= 0.6 is 46.8 Å². The summed E-state index contributed by atoms with van der Waals surface area (Å²) in [6, 6.07) is 0. The standard InChI is InChI=1S/C2H2Cl3NOS/c3-2(4,5)8-6-1-7/h1H,(H,6,7). The molecule has 0 saturated carbocycles. The number of halogens is 3. The van der Waals surface area contributed by atoms with Gasteiger partial charge in [-0.25, -0.2) is 0 Å². The van der Waals surface area contributed by atoms with Crippen molar-refractivity contribution in [1.82, 2.24) is 4.72 Å². The van der Waals surface area contributed by atoms with E-state index >= 15 is 0 Å². The second-order valence-electron chi connectivity index (χ2n) is 0.784. The van der Waals surface area contributed by atoms with Gasteiger partial charge in [-0.1, -0.05) is 34.8 Å². The molecule has 0 radical (unpaired) electrons. The Balaban J connectivity index is 3.24. The minimum Gasteiger partial charge on any atom is -0.299 e. The van der Waals surface area contributed by atoms with Gasteiger partial charge in [0, 0.05) is 11.9 Å². The van der Waals surface area contributed by atoms with Gasteiger partial charge in [0.25, 0.3) is 3.12 Å². The molecule has 0 aliphatic rings. The second-order valence-corrected chi connectivity index (χ2v) is 4.79. The van der Waals surface area contributed by atoms with Gasteiger partial charge in [0.15, 0.2) is 0 Å². The fraction of sp³-hybridized carbons (Fsp3) is 0.500. The lowest BCUT2D eigenvalue weighted by molar-refractivity contribution is -0.107. The van der Waals surface area contributed by atoms with E-state index in [-0.39, 0.29) is 0 Å². The smallest absolute Gasteiger partial charge is 0.256 e. The van der Waals surface area contributed by atoms with Crippen molar-refractivity contribution < 1.29 is 4.79 Å². The number of hydrogen-bond donors (Lipinski definition) is 1. The predicted molar refractivity (Wildman–Crippen MR) is 37.1 cm³/mol. The van der Waals surface area contributed by atoms with E-state index in [0.717, 1.165) is 0 Å². The summed E-state index contributed by atoms with van der Waals surface area (Å²) in [6.07, 6.45) is 0.437. The maximum Gasteiger partial charge on any atom is 0.256 e. The van der Waals surface area contributed by atoms with Crippen LogP contribution in [0.15, 0.2) is 0 Å². The number of nitrogens with one attached hydrogen (secondary N) is 1. The number of rotatable bonds is 2. The van der Waals surface area contributed by atoms with Crippen molar-refractivity contribution in [2.24, 2.45) is 0 Å². The molecule has 0 aliphatic carbocycles. The highest BCUT2D eigenvalue weighted by atomic mass is 35.6. The average Bonchev–Trinajstić information content (AvgIpc) is 1.59. The average molecular weight is 194 g/mol. The number of carbonyl (C=O) groups is 1. The molecule has 0 rings (SSSR count). The van der Waals surface area contributed by atoms with Crippen molar-refractivity contribution in [3.8, 4) is 0 Å². The Morgan fingerprint density at radius 3 is 2.12 bits per heavy atom. The zero-order valence-electron chi connectivity index (χ0n) is 3.53. The van der Waals surface area contributed by atoms with Crippen molar-refractivity contribution in [3.63, 3.8) is 0 Å². The van der Waals surface area contributed by atoms with Crippen LogP contribution in [0.3, 0.4) is 0 Å². The lowest BCUT2D eigenvalue weighted by Gasteiger charge is -2.05. The quantitative estimate of drug-likeness (QED) is 0.412. The van der Waals surface area contributed by atoms with Crippen LogP contribution in [0.2, 0.25) is 0 Å². The molecular formula is C2H2Cl3NOS. The van der Waals surface area contributed by atoms with Gasteiger partial charge in [-0.15, -0.1) is 0 Å². The third-order valence-corrected chi connectivity index (χ3v) is 1.36. The molecule has 0 saturated heterocycles. The van der Waals surface area contributed by atoms with Crippen LogP contribution in [0.1, 0.15) is 0 Å². The molecule has 6 heteroatoms. The number of amides is 1. The summed E-state index contributed by atoms with van der Waals surface area (Å²) in [7, 11) is 0. The van der Waals surface area contributed by atoms with E-state index in [4.69, 9.17) is 34.8 Å². The molecule has 0 bridgehead atoms. The zero-order chi connectivity index (χ0) is 6.62. The highest BCUT2D eigenvalue weighted by Crippen LogP contribution is 2.36. The van der Waals surface area contributed by atoms with E-state index in [1.165, 1.54) is 0 Å². The summed E-state index contributed by atoms with van der Waals surface area (Å²) in [5, 5.41) is 0. The molecule has 0 fully saturated rings. The topological polar surface area (TPSA) is 29.1 Å². The van der Waals surface area contributed by atoms with Crippen molar-refractivity contribution in [2.75, 3.05) is 0 Å². The molecule has 0 heterocycles. The summed E-state index contributed by atoms with van der Waals surface area (Å²) in [5.41, 5.74) is 0. The highest BCUT2D eigenvalue weighted by molar-refractivity contribution is 8.03. The minimum absolute atomic E-state index is 0.437. The Kier molecular flexibility index (Phi) is 3.98. The van der Waals surface area contributed by atoms with Crippen molar-refractivity contribution in [3.05, 3.63) is 0 Å². The molecule has 2 nitrogen and oxygen atoms in total. The highest BCUT2D eigenvalue weighted by Gasteiger charge is 2.19. The van der Waals surface area contributed by atoms with Gasteiger partial charge < -0.3 is 0 Å². The molecule has 1 N–H and O–H groups in total. The fourth-order valence-corrected chi connectivity index (χ4v) is 0.674. The monoisotopic (exact) mass is 193 g/mol. The van der Waals surface area contributed by atoms with Crippen LogP contribution < -0.4 is 4.72 Å².